The molecule has 3 aliphatic heterocycles. The first kappa shape index (κ1) is 10.0. The highest BCUT2D eigenvalue weighted by molar-refractivity contribution is 4.91. The van der Waals surface area contributed by atoms with Crippen molar-refractivity contribution in [2.45, 2.75) is 37.1 Å². The van der Waals surface area contributed by atoms with Crippen LogP contribution in [0.15, 0.2) is 0 Å². The Morgan fingerprint density at radius 3 is 2.80 bits per heavy atom. The topological polar surface area (TPSA) is 39.7 Å². The lowest BCUT2D eigenvalue weighted by atomic mass is 9.91. The van der Waals surface area contributed by atoms with E-state index >= 15 is 0 Å². The summed E-state index contributed by atoms with van der Waals surface area (Å²) in [6, 6.07) is 0. The van der Waals surface area contributed by atoms with Gasteiger partial charge in [-0.05, 0) is 6.42 Å². The van der Waals surface area contributed by atoms with Crippen LogP contribution in [0.25, 0.3) is 0 Å². The fourth-order valence-corrected chi connectivity index (χ4v) is 2.59. The Balaban J connectivity index is 1.55. The van der Waals surface area contributed by atoms with E-state index in [-0.39, 0.29) is 5.60 Å². The summed E-state index contributed by atoms with van der Waals surface area (Å²) in [5.74, 6) is 0. The molecule has 0 amide bonds. The predicted octanol–water partition coefficient (Wildman–Crippen LogP) is 0.313. The number of rotatable bonds is 2. The molecule has 1 N–H and O–H groups in total. The summed E-state index contributed by atoms with van der Waals surface area (Å²) in [6.07, 6.45) is 3.91. The van der Waals surface area contributed by atoms with Gasteiger partial charge in [-0.3, -0.25) is 0 Å². The van der Waals surface area contributed by atoms with E-state index < -0.39 is 0 Å². The molecule has 0 aromatic rings. The molecule has 3 rings (SSSR count). The number of hydrogen-bond acceptors (Lipinski definition) is 4. The molecule has 4 nitrogen and oxygen atoms in total. The van der Waals surface area contributed by atoms with E-state index in [9.17, 15) is 0 Å². The van der Waals surface area contributed by atoms with E-state index in [4.69, 9.17) is 14.2 Å². The summed E-state index contributed by atoms with van der Waals surface area (Å²) in [5, 5.41) is 3.23. The molecule has 0 radical (unpaired) electrons. The fraction of sp³-hybridized carbons (Fsp3) is 1.00. The minimum atomic E-state index is -0.0138. The molecule has 0 aliphatic carbocycles. The van der Waals surface area contributed by atoms with Crippen LogP contribution in [0.4, 0.5) is 0 Å². The van der Waals surface area contributed by atoms with E-state index in [0.29, 0.717) is 12.2 Å². The molecule has 3 fully saturated rings. The maximum atomic E-state index is 6.02. The largest absolute Gasteiger partial charge is 0.378 e. The van der Waals surface area contributed by atoms with Crippen LogP contribution in [-0.4, -0.2) is 50.7 Å². The smallest absolute Gasteiger partial charge is 0.0961 e. The third kappa shape index (κ3) is 2.04. The van der Waals surface area contributed by atoms with Crippen LogP contribution in [0.1, 0.15) is 19.3 Å². The molecule has 4 heteroatoms. The summed E-state index contributed by atoms with van der Waals surface area (Å²) < 4.78 is 17.3. The van der Waals surface area contributed by atoms with Gasteiger partial charge in [-0.1, -0.05) is 0 Å². The zero-order chi connectivity index (χ0) is 10.1. The van der Waals surface area contributed by atoms with Gasteiger partial charge in [0.2, 0.25) is 0 Å². The molecule has 2 atom stereocenters. The van der Waals surface area contributed by atoms with Gasteiger partial charge in [0.25, 0.3) is 0 Å². The van der Waals surface area contributed by atoms with Crippen molar-refractivity contribution >= 4 is 0 Å². The van der Waals surface area contributed by atoms with Gasteiger partial charge in [-0.2, -0.15) is 0 Å². The van der Waals surface area contributed by atoms with Crippen molar-refractivity contribution in [1.29, 1.82) is 0 Å². The highest BCUT2D eigenvalue weighted by Crippen LogP contribution is 2.34. The maximum absolute atomic E-state index is 6.02. The van der Waals surface area contributed by atoms with Crippen molar-refractivity contribution in [2.75, 3.05) is 32.9 Å². The van der Waals surface area contributed by atoms with Gasteiger partial charge in [0.1, 0.15) is 0 Å². The first-order valence-electron chi connectivity index (χ1n) is 5.94. The summed E-state index contributed by atoms with van der Waals surface area (Å²) in [4.78, 5) is 0. The molecule has 0 saturated carbocycles. The Hall–Kier alpha value is -0.160. The van der Waals surface area contributed by atoms with E-state index in [1.54, 1.807) is 0 Å². The van der Waals surface area contributed by atoms with Crippen LogP contribution >= 0.6 is 0 Å². The van der Waals surface area contributed by atoms with Gasteiger partial charge in [-0.25, -0.2) is 0 Å². The lowest BCUT2D eigenvalue weighted by Crippen LogP contribution is -2.52. The first-order valence-corrected chi connectivity index (χ1v) is 5.94. The second kappa shape index (κ2) is 4.01. The first-order chi connectivity index (χ1) is 7.36. The highest BCUT2D eigenvalue weighted by Gasteiger charge is 2.42. The maximum Gasteiger partial charge on any atom is 0.0961 e. The van der Waals surface area contributed by atoms with E-state index in [2.05, 4.69) is 5.32 Å². The molecular formula is C11H19NO3. The van der Waals surface area contributed by atoms with Gasteiger partial charge < -0.3 is 19.5 Å². The van der Waals surface area contributed by atoms with Crippen LogP contribution < -0.4 is 5.32 Å². The highest BCUT2D eigenvalue weighted by atomic mass is 16.6. The number of hydrogen-bond donors (Lipinski definition) is 1. The van der Waals surface area contributed by atoms with Crippen LogP contribution in [-0.2, 0) is 14.2 Å². The summed E-state index contributed by atoms with van der Waals surface area (Å²) in [7, 11) is 0. The Labute approximate surface area is 90.3 Å². The van der Waals surface area contributed by atoms with Gasteiger partial charge in [0.05, 0.1) is 24.4 Å². The third-order valence-corrected chi connectivity index (χ3v) is 3.64. The monoisotopic (exact) mass is 213 g/mol. The summed E-state index contributed by atoms with van der Waals surface area (Å²) in [6.45, 7) is 4.46. The lowest BCUT2D eigenvalue weighted by molar-refractivity contribution is -0.152. The van der Waals surface area contributed by atoms with Gasteiger partial charge in [0, 0.05) is 39.1 Å². The van der Waals surface area contributed by atoms with Gasteiger partial charge in [-0.15, -0.1) is 0 Å². The molecular weight excluding hydrogens is 194 g/mol. The van der Waals surface area contributed by atoms with E-state index in [1.807, 2.05) is 0 Å². The van der Waals surface area contributed by atoms with Crippen molar-refractivity contribution in [3.63, 3.8) is 0 Å². The Morgan fingerprint density at radius 1 is 1.20 bits per heavy atom. The third-order valence-electron chi connectivity index (χ3n) is 3.64. The molecule has 3 aliphatic rings. The minimum absolute atomic E-state index is 0.0138. The van der Waals surface area contributed by atoms with Crippen molar-refractivity contribution in [1.82, 2.24) is 5.32 Å². The fourth-order valence-electron chi connectivity index (χ4n) is 2.59. The Morgan fingerprint density at radius 2 is 2.13 bits per heavy atom. The van der Waals surface area contributed by atoms with Crippen LogP contribution in [0.3, 0.4) is 0 Å². The van der Waals surface area contributed by atoms with E-state index in [0.717, 1.165) is 52.2 Å². The quantitative estimate of drug-likeness (QED) is 0.717. The zero-order valence-electron chi connectivity index (χ0n) is 9.04. The second-order valence-corrected chi connectivity index (χ2v) is 4.87. The van der Waals surface area contributed by atoms with Crippen LogP contribution in [0.5, 0.6) is 0 Å². The molecule has 86 valence electrons. The summed E-state index contributed by atoms with van der Waals surface area (Å²) in [5.41, 5.74) is -0.0138. The summed E-state index contributed by atoms with van der Waals surface area (Å²) >= 11 is 0. The molecule has 3 heterocycles. The average Bonchev–Trinajstić information content (AvgIpc) is 2.60. The zero-order valence-corrected chi connectivity index (χ0v) is 9.04. The molecule has 0 aromatic heterocycles. The lowest BCUT2D eigenvalue weighted by Gasteiger charge is -2.40. The van der Waals surface area contributed by atoms with Crippen molar-refractivity contribution in [2.24, 2.45) is 0 Å². The number of ether oxygens (including phenoxy) is 3. The van der Waals surface area contributed by atoms with Crippen LogP contribution in [0, 0.1) is 0 Å². The predicted molar refractivity (Wildman–Crippen MR) is 54.9 cm³/mol. The number of nitrogens with one attached hydrogen (secondary N) is 1. The minimum Gasteiger partial charge on any atom is -0.378 e. The molecule has 2 unspecified atom stereocenters. The molecule has 0 aromatic carbocycles. The van der Waals surface area contributed by atoms with Crippen LogP contribution in [0.2, 0.25) is 0 Å². The second-order valence-electron chi connectivity index (χ2n) is 4.87. The van der Waals surface area contributed by atoms with E-state index in [1.165, 1.54) is 0 Å². The van der Waals surface area contributed by atoms with Crippen molar-refractivity contribution < 1.29 is 14.2 Å². The Kier molecular flexibility index (Phi) is 2.68. The Bertz CT molecular complexity index is 224. The normalized spacial score (nSPS) is 42.0. The average molecular weight is 213 g/mol. The SMILES string of the molecule is C1CC2(CO1)CC(OC1CNC1)CCO2. The van der Waals surface area contributed by atoms with Gasteiger partial charge >= 0.3 is 0 Å². The van der Waals surface area contributed by atoms with Gasteiger partial charge in [0.15, 0.2) is 0 Å². The van der Waals surface area contributed by atoms with Crippen molar-refractivity contribution in [3.8, 4) is 0 Å². The molecule has 15 heavy (non-hydrogen) atoms. The van der Waals surface area contributed by atoms with Crippen molar-refractivity contribution in [3.05, 3.63) is 0 Å². The molecule has 1 spiro atoms. The molecule has 0 bridgehead atoms. The standard InChI is InChI=1S/C11H19NO3/c1-3-14-11(2-4-13-8-11)5-9(1)15-10-6-12-7-10/h9-10,12H,1-8H2. The molecule has 3 saturated heterocycles.